The summed E-state index contributed by atoms with van der Waals surface area (Å²) in [6.07, 6.45) is 0.350. The molecule has 0 aliphatic heterocycles. The molecule has 2 aromatic rings. The summed E-state index contributed by atoms with van der Waals surface area (Å²) in [6, 6.07) is 15.4. The van der Waals surface area contributed by atoms with Gasteiger partial charge in [-0.15, -0.1) is 0 Å². The fourth-order valence-corrected chi connectivity index (χ4v) is 2.28. The number of amides is 1. The molecule has 108 valence electrons. The summed E-state index contributed by atoms with van der Waals surface area (Å²) in [5, 5.41) is 0. The fraction of sp³-hybridized carbons (Fsp3) is 0.176. The molecule has 0 saturated carbocycles. The van der Waals surface area contributed by atoms with Gasteiger partial charge in [0.05, 0.1) is 12.1 Å². The summed E-state index contributed by atoms with van der Waals surface area (Å²) in [4.78, 5) is 14.3. The number of aryl methyl sites for hydroxylation is 1. The van der Waals surface area contributed by atoms with Crippen molar-refractivity contribution in [1.29, 1.82) is 0 Å². The predicted molar refractivity (Wildman–Crippen MR) is 90.6 cm³/mol. The maximum atomic E-state index is 12.4. The molecule has 0 saturated heterocycles. The summed E-state index contributed by atoms with van der Waals surface area (Å²) in [7, 11) is 1.74. The Kier molecular flexibility index (Phi) is 4.70. The van der Waals surface area contributed by atoms with Gasteiger partial charge in [-0.3, -0.25) is 4.79 Å². The normalized spacial score (nSPS) is 10.2. The van der Waals surface area contributed by atoms with E-state index in [-0.39, 0.29) is 5.91 Å². The first-order valence-corrected chi connectivity index (χ1v) is 7.11. The number of likely N-dealkylation sites (N-methyl/N-ethyl adjacent to an activating group) is 1. The Bertz CT molecular complexity index is 665. The molecule has 0 fully saturated rings. The van der Waals surface area contributed by atoms with E-state index in [4.69, 9.17) is 18.0 Å². The van der Waals surface area contributed by atoms with Gasteiger partial charge in [0.1, 0.15) is 4.99 Å². The van der Waals surface area contributed by atoms with E-state index in [1.54, 1.807) is 11.9 Å². The monoisotopic (exact) mass is 298 g/mol. The van der Waals surface area contributed by atoms with E-state index in [2.05, 4.69) is 0 Å². The van der Waals surface area contributed by atoms with E-state index in [1.807, 2.05) is 55.5 Å². The smallest absolute Gasteiger partial charge is 0.231 e. The number of anilines is 1. The first-order chi connectivity index (χ1) is 9.99. The Labute approximate surface area is 130 Å². The zero-order valence-corrected chi connectivity index (χ0v) is 13.0. The highest BCUT2D eigenvalue weighted by Crippen LogP contribution is 2.20. The van der Waals surface area contributed by atoms with Crippen LogP contribution in [0.2, 0.25) is 0 Å². The molecule has 1 amide bonds. The van der Waals surface area contributed by atoms with Crippen molar-refractivity contribution in [3.8, 4) is 0 Å². The molecule has 2 N–H and O–H groups in total. The van der Waals surface area contributed by atoms with E-state index in [1.165, 1.54) is 5.56 Å². The molecule has 2 aromatic carbocycles. The van der Waals surface area contributed by atoms with E-state index < -0.39 is 0 Å². The number of nitrogens with zero attached hydrogens (tertiary/aromatic N) is 1. The summed E-state index contributed by atoms with van der Waals surface area (Å²) < 4.78 is 0. The van der Waals surface area contributed by atoms with Crippen LogP contribution in [-0.4, -0.2) is 17.9 Å². The average molecular weight is 298 g/mol. The lowest BCUT2D eigenvalue weighted by molar-refractivity contribution is -0.117. The maximum Gasteiger partial charge on any atom is 0.231 e. The Morgan fingerprint density at radius 2 is 1.76 bits per heavy atom. The second kappa shape index (κ2) is 6.50. The third kappa shape index (κ3) is 3.67. The van der Waals surface area contributed by atoms with Crippen molar-refractivity contribution in [2.24, 2.45) is 5.73 Å². The summed E-state index contributed by atoms with van der Waals surface area (Å²) in [5.41, 5.74) is 9.34. The van der Waals surface area contributed by atoms with Crippen LogP contribution in [0.3, 0.4) is 0 Å². The molecule has 0 atom stereocenters. The van der Waals surface area contributed by atoms with Crippen LogP contribution in [0.4, 0.5) is 5.69 Å². The number of rotatable bonds is 4. The van der Waals surface area contributed by atoms with E-state index in [0.29, 0.717) is 17.0 Å². The van der Waals surface area contributed by atoms with Crippen molar-refractivity contribution in [1.82, 2.24) is 0 Å². The molecule has 0 aliphatic carbocycles. The van der Waals surface area contributed by atoms with Crippen LogP contribution < -0.4 is 10.6 Å². The maximum absolute atomic E-state index is 12.4. The van der Waals surface area contributed by atoms with Gasteiger partial charge in [0, 0.05) is 12.6 Å². The minimum atomic E-state index is 0.00236. The molecule has 0 unspecified atom stereocenters. The zero-order valence-electron chi connectivity index (χ0n) is 12.2. The van der Waals surface area contributed by atoms with Crippen LogP contribution in [0.25, 0.3) is 0 Å². The van der Waals surface area contributed by atoms with Crippen LogP contribution in [0, 0.1) is 6.92 Å². The molecule has 3 nitrogen and oxygen atoms in total. The molecule has 0 aromatic heterocycles. The van der Waals surface area contributed by atoms with Gasteiger partial charge in [0.25, 0.3) is 0 Å². The first-order valence-electron chi connectivity index (χ1n) is 6.70. The number of benzene rings is 2. The van der Waals surface area contributed by atoms with Gasteiger partial charge in [0.15, 0.2) is 0 Å². The average Bonchev–Trinajstić information content (AvgIpc) is 2.48. The van der Waals surface area contributed by atoms with Gasteiger partial charge >= 0.3 is 0 Å². The highest BCUT2D eigenvalue weighted by molar-refractivity contribution is 7.80. The summed E-state index contributed by atoms with van der Waals surface area (Å²) in [6.45, 7) is 2.02. The van der Waals surface area contributed by atoms with Gasteiger partial charge in [-0.25, -0.2) is 0 Å². The van der Waals surface area contributed by atoms with Crippen LogP contribution in [-0.2, 0) is 11.2 Å². The number of para-hydroxylation sites is 1. The lowest BCUT2D eigenvalue weighted by Gasteiger charge is -2.20. The molecule has 21 heavy (non-hydrogen) atoms. The van der Waals surface area contributed by atoms with E-state index in [0.717, 1.165) is 11.3 Å². The van der Waals surface area contributed by atoms with Gasteiger partial charge < -0.3 is 10.6 Å². The number of nitrogens with two attached hydrogens (primary N) is 1. The molecule has 0 radical (unpaired) electrons. The standard InChI is InChI=1S/C17H18N2OS/c1-12-7-9-13(10-8-12)11-16(20)19(2)15-6-4-3-5-14(15)17(18)21/h3-10H,11H2,1-2H3,(H2,18,21). The van der Waals surface area contributed by atoms with Crippen molar-refractivity contribution in [2.45, 2.75) is 13.3 Å². The number of hydrogen-bond acceptors (Lipinski definition) is 2. The Morgan fingerprint density at radius 1 is 1.14 bits per heavy atom. The Balaban J connectivity index is 2.20. The first kappa shape index (κ1) is 15.2. The molecule has 4 heteroatoms. The lowest BCUT2D eigenvalue weighted by Crippen LogP contribution is -2.30. The molecule has 0 spiro atoms. The second-order valence-electron chi connectivity index (χ2n) is 5.00. The topological polar surface area (TPSA) is 46.3 Å². The van der Waals surface area contributed by atoms with Crippen LogP contribution >= 0.6 is 12.2 Å². The Hall–Kier alpha value is -2.20. The highest BCUT2D eigenvalue weighted by Gasteiger charge is 2.15. The van der Waals surface area contributed by atoms with Crippen LogP contribution in [0.5, 0.6) is 0 Å². The van der Waals surface area contributed by atoms with Gasteiger partial charge in [-0.2, -0.15) is 0 Å². The minimum Gasteiger partial charge on any atom is -0.389 e. The SMILES string of the molecule is Cc1ccc(CC(=O)N(C)c2ccccc2C(N)=S)cc1. The van der Waals surface area contributed by atoms with Crippen molar-refractivity contribution in [3.05, 3.63) is 65.2 Å². The fourth-order valence-electron chi connectivity index (χ4n) is 2.11. The molecular formula is C17H18N2OS. The number of carbonyl (C=O) groups excluding carboxylic acids is 1. The quantitative estimate of drug-likeness (QED) is 0.883. The van der Waals surface area contributed by atoms with Crippen LogP contribution in [0.15, 0.2) is 48.5 Å². The van der Waals surface area contributed by atoms with Crippen molar-refractivity contribution in [3.63, 3.8) is 0 Å². The van der Waals surface area contributed by atoms with Crippen LogP contribution in [0.1, 0.15) is 16.7 Å². The van der Waals surface area contributed by atoms with Crippen molar-refractivity contribution >= 4 is 28.8 Å². The molecule has 2 rings (SSSR count). The third-order valence-corrected chi connectivity index (χ3v) is 3.60. The predicted octanol–water partition coefficient (Wildman–Crippen LogP) is 2.83. The molecule has 0 bridgehead atoms. The summed E-state index contributed by atoms with van der Waals surface area (Å²) >= 11 is 5.04. The number of thiocarbonyl (C=S) groups is 1. The van der Waals surface area contributed by atoms with E-state index >= 15 is 0 Å². The number of carbonyl (C=O) groups is 1. The molecule has 0 aliphatic rings. The minimum absolute atomic E-state index is 0.00236. The second-order valence-corrected chi connectivity index (χ2v) is 5.44. The largest absolute Gasteiger partial charge is 0.389 e. The van der Waals surface area contributed by atoms with Gasteiger partial charge in [-0.05, 0) is 24.6 Å². The van der Waals surface area contributed by atoms with Gasteiger partial charge in [0.2, 0.25) is 5.91 Å². The van der Waals surface area contributed by atoms with E-state index in [9.17, 15) is 4.79 Å². The Morgan fingerprint density at radius 3 is 2.38 bits per heavy atom. The zero-order chi connectivity index (χ0) is 15.4. The summed E-state index contributed by atoms with van der Waals surface area (Å²) in [5.74, 6) is 0.00236. The molecular weight excluding hydrogens is 280 g/mol. The van der Waals surface area contributed by atoms with Crippen molar-refractivity contribution in [2.75, 3.05) is 11.9 Å². The van der Waals surface area contributed by atoms with Gasteiger partial charge in [-0.1, -0.05) is 54.2 Å². The number of hydrogen-bond donors (Lipinski definition) is 1. The highest BCUT2D eigenvalue weighted by atomic mass is 32.1. The van der Waals surface area contributed by atoms with Crippen molar-refractivity contribution < 1.29 is 4.79 Å². The lowest BCUT2D eigenvalue weighted by atomic mass is 10.1. The third-order valence-electron chi connectivity index (χ3n) is 3.38. The molecule has 0 heterocycles.